The molecule has 0 fully saturated rings. The van der Waals surface area contributed by atoms with Crippen molar-refractivity contribution in [1.29, 1.82) is 0 Å². The number of hydrogen-bond donors (Lipinski definition) is 1. The van der Waals surface area contributed by atoms with Gasteiger partial charge in [0, 0.05) is 11.8 Å². The normalized spacial score (nSPS) is 17.8. The van der Waals surface area contributed by atoms with Gasteiger partial charge in [0.15, 0.2) is 0 Å². The number of alkyl halides is 3. The number of nitrogens with one attached hydrogen (secondary N) is 1. The van der Waals surface area contributed by atoms with E-state index in [-0.39, 0.29) is 11.3 Å². The van der Waals surface area contributed by atoms with E-state index in [1.165, 1.54) is 43.1 Å². The zero-order chi connectivity index (χ0) is 24.8. The molecular weight excluding hydrogens is 423 g/mol. The number of allylic oxidation sites excluding steroid dienone is 9. The number of benzene rings is 1. The average molecular weight is 458 g/mol. The third kappa shape index (κ3) is 7.92. The maximum Gasteiger partial charge on any atom is 0.416 e. The van der Waals surface area contributed by atoms with Crippen LogP contribution < -0.4 is 5.32 Å². The summed E-state index contributed by atoms with van der Waals surface area (Å²) in [6, 6.07) is 3.27. The second kappa shape index (κ2) is 10.9. The van der Waals surface area contributed by atoms with E-state index in [1.54, 1.807) is 6.92 Å². The van der Waals surface area contributed by atoms with Crippen LogP contribution in [0.2, 0.25) is 0 Å². The van der Waals surface area contributed by atoms with Crippen LogP contribution in [0.1, 0.15) is 65.0 Å². The molecule has 1 aromatic rings. The first-order valence-corrected chi connectivity index (χ1v) is 11.2. The van der Waals surface area contributed by atoms with Crippen molar-refractivity contribution in [2.45, 2.75) is 67.0 Å². The molecule has 1 aliphatic carbocycles. The molecule has 0 spiro atoms. The molecule has 1 aliphatic rings. The molecule has 0 radical (unpaired) electrons. The maximum atomic E-state index is 12.8. The van der Waals surface area contributed by atoms with Gasteiger partial charge in [-0.15, -0.1) is 0 Å². The van der Waals surface area contributed by atoms with Crippen molar-refractivity contribution < 1.29 is 18.0 Å². The van der Waals surface area contributed by atoms with Crippen molar-refractivity contribution >= 4 is 11.6 Å². The summed E-state index contributed by atoms with van der Waals surface area (Å²) in [5, 5.41) is 2.64. The molecule has 1 N–H and O–H groups in total. The largest absolute Gasteiger partial charge is 0.416 e. The standard InChI is InChI=1S/C28H34F3NO/c1-19(12-14-24-21(3)11-8-16-27(24,5)6)9-7-10-20(2)17-26(33)32-25-15-13-23(18-22(25)4)28(29,30)31/h7,9-10,12-15,17-18H,8,11,16H2,1-6H3,(H,32,33)/b10-7+,14-12+,19-9+,20-17+. The zero-order valence-electron chi connectivity index (χ0n) is 20.4. The Labute approximate surface area is 195 Å². The van der Waals surface area contributed by atoms with Crippen molar-refractivity contribution in [3.63, 3.8) is 0 Å². The molecule has 178 valence electrons. The third-order valence-corrected chi connectivity index (χ3v) is 5.94. The molecule has 2 nitrogen and oxygen atoms in total. The van der Waals surface area contributed by atoms with Gasteiger partial charge in [0.1, 0.15) is 0 Å². The van der Waals surface area contributed by atoms with Crippen LogP contribution in [0, 0.1) is 12.3 Å². The van der Waals surface area contributed by atoms with E-state index in [0.29, 0.717) is 11.3 Å². The summed E-state index contributed by atoms with van der Waals surface area (Å²) >= 11 is 0. The molecule has 5 heteroatoms. The van der Waals surface area contributed by atoms with Crippen LogP contribution in [0.5, 0.6) is 0 Å². The Bertz CT molecular complexity index is 1030. The van der Waals surface area contributed by atoms with Crippen LogP contribution in [-0.2, 0) is 11.0 Å². The van der Waals surface area contributed by atoms with Gasteiger partial charge in [-0.25, -0.2) is 0 Å². The molecule has 1 amide bonds. The lowest BCUT2D eigenvalue weighted by molar-refractivity contribution is -0.137. The van der Waals surface area contributed by atoms with Crippen molar-refractivity contribution in [1.82, 2.24) is 0 Å². The second-order valence-electron chi connectivity index (χ2n) is 9.44. The molecule has 0 saturated heterocycles. The molecule has 1 aromatic carbocycles. The first-order chi connectivity index (χ1) is 15.3. The number of carbonyl (C=O) groups is 1. The molecule has 0 saturated carbocycles. The average Bonchev–Trinajstić information content (AvgIpc) is 2.67. The van der Waals surface area contributed by atoms with Gasteiger partial charge >= 0.3 is 6.18 Å². The first-order valence-electron chi connectivity index (χ1n) is 11.2. The fraction of sp³-hybridized carbons (Fsp3) is 0.393. The lowest BCUT2D eigenvalue weighted by Crippen LogP contribution is -2.19. The molecule has 0 heterocycles. The van der Waals surface area contributed by atoms with E-state index in [9.17, 15) is 18.0 Å². The Balaban J connectivity index is 2.00. The van der Waals surface area contributed by atoms with Gasteiger partial charge in [-0.2, -0.15) is 13.2 Å². The maximum absolute atomic E-state index is 12.8. The first kappa shape index (κ1) is 26.4. The van der Waals surface area contributed by atoms with Gasteiger partial charge in [-0.1, -0.05) is 55.4 Å². The summed E-state index contributed by atoms with van der Waals surface area (Å²) in [6.45, 7) is 12.2. The van der Waals surface area contributed by atoms with E-state index in [2.05, 4.69) is 38.2 Å². The van der Waals surface area contributed by atoms with E-state index in [0.717, 1.165) is 29.7 Å². The molecule has 2 rings (SSSR count). The van der Waals surface area contributed by atoms with E-state index >= 15 is 0 Å². The van der Waals surface area contributed by atoms with Crippen LogP contribution in [0.25, 0.3) is 0 Å². The molecule has 33 heavy (non-hydrogen) atoms. The molecule has 0 atom stereocenters. The smallest absolute Gasteiger partial charge is 0.322 e. The lowest BCUT2D eigenvalue weighted by atomic mass is 9.72. The Morgan fingerprint density at radius 2 is 1.79 bits per heavy atom. The highest BCUT2D eigenvalue weighted by Gasteiger charge is 2.30. The zero-order valence-corrected chi connectivity index (χ0v) is 20.4. The highest BCUT2D eigenvalue weighted by atomic mass is 19.4. The predicted octanol–water partition coefficient (Wildman–Crippen LogP) is 8.48. The van der Waals surface area contributed by atoms with E-state index in [1.807, 2.05) is 25.2 Å². The van der Waals surface area contributed by atoms with Crippen molar-refractivity contribution in [2.24, 2.45) is 5.41 Å². The number of hydrogen-bond acceptors (Lipinski definition) is 1. The van der Waals surface area contributed by atoms with Crippen LogP contribution in [-0.4, -0.2) is 5.91 Å². The summed E-state index contributed by atoms with van der Waals surface area (Å²) in [5.41, 5.74) is 4.89. The Kier molecular flexibility index (Phi) is 8.70. The molecule has 0 aliphatic heterocycles. The third-order valence-electron chi connectivity index (χ3n) is 5.94. The number of anilines is 1. The fourth-order valence-corrected chi connectivity index (χ4v) is 4.04. The van der Waals surface area contributed by atoms with Crippen molar-refractivity contribution in [3.05, 3.63) is 88.1 Å². The number of aryl methyl sites for hydroxylation is 1. The summed E-state index contributed by atoms with van der Waals surface area (Å²) in [5.74, 6) is -0.387. The monoisotopic (exact) mass is 457 g/mol. The lowest BCUT2D eigenvalue weighted by Gasteiger charge is -2.32. The van der Waals surface area contributed by atoms with Gasteiger partial charge in [0.05, 0.1) is 5.56 Å². The minimum absolute atomic E-state index is 0.201. The Morgan fingerprint density at radius 1 is 1.09 bits per heavy atom. The van der Waals surface area contributed by atoms with Crippen LogP contribution in [0.3, 0.4) is 0 Å². The highest BCUT2D eigenvalue weighted by molar-refractivity contribution is 6.00. The van der Waals surface area contributed by atoms with Crippen LogP contribution >= 0.6 is 0 Å². The summed E-state index contributed by atoms with van der Waals surface area (Å²) in [6.07, 6.45) is 10.6. The molecule has 0 bridgehead atoms. The van der Waals surface area contributed by atoms with Gasteiger partial charge < -0.3 is 5.32 Å². The van der Waals surface area contributed by atoms with E-state index in [4.69, 9.17) is 0 Å². The summed E-state index contributed by atoms with van der Waals surface area (Å²) in [7, 11) is 0. The van der Waals surface area contributed by atoms with Crippen LogP contribution in [0.15, 0.2) is 76.9 Å². The molecular formula is C28H34F3NO. The van der Waals surface area contributed by atoms with Gasteiger partial charge in [0.2, 0.25) is 5.91 Å². The number of rotatable bonds is 6. The number of amides is 1. The van der Waals surface area contributed by atoms with Gasteiger partial charge in [-0.3, -0.25) is 4.79 Å². The Hall–Kier alpha value is -2.82. The Morgan fingerprint density at radius 3 is 2.39 bits per heavy atom. The van der Waals surface area contributed by atoms with Gasteiger partial charge in [-0.05, 0) is 87.3 Å². The number of halogens is 3. The minimum atomic E-state index is -4.40. The van der Waals surface area contributed by atoms with Gasteiger partial charge in [0.25, 0.3) is 0 Å². The fourth-order valence-electron chi connectivity index (χ4n) is 4.04. The van der Waals surface area contributed by atoms with E-state index < -0.39 is 11.7 Å². The van der Waals surface area contributed by atoms with Crippen molar-refractivity contribution in [3.8, 4) is 0 Å². The number of carbonyl (C=O) groups excluding carboxylic acids is 1. The topological polar surface area (TPSA) is 29.1 Å². The second-order valence-corrected chi connectivity index (χ2v) is 9.44. The predicted molar refractivity (Wildman–Crippen MR) is 131 cm³/mol. The minimum Gasteiger partial charge on any atom is -0.322 e. The SMILES string of the molecule is CC1=C(/C=C/C(C)=C/C=C/C(C)=C/C(=O)Nc2ccc(C(F)(F)F)cc2C)C(C)(C)CCC1. The quantitative estimate of drug-likeness (QED) is 0.337. The van der Waals surface area contributed by atoms with Crippen molar-refractivity contribution in [2.75, 3.05) is 5.32 Å². The van der Waals surface area contributed by atoms with Crippen LogP contribution in [0.4, 0.5) is 18.9 Å². The molecule has 0 aromatic heterocycles. The highest BCUT2D eigenvalue weighted by Crippen LogP contribution is 2.40. The summed E-state index contributed by atoms with van der Waals surface area (Å²) in [4.78, 5) is 12.2. The summed E-state index contributed by atoms with van der Waals surface area (Å²) < 4.78 is 38.4. The molecule has 0 unspecified atom stereocenters.